The third-order valence-corrected chi connectivity index (χ3v) is 7.99. The highest BCUT2D eigenvalue weighted by molar-refractivity contribution is 5.86. The molecule has 4 atom stereocenters. The number of piperidine rings is 1. The van der Waals surface area contributed by atoms with E-state index in [0.29, 0.717) is 25.4 Å². The topological polar surface area (TPSA) is 69.6 Å². The Morgan fingerprint density at radius 3 is 2.51 bits per heavy atom. The zero-order valence-corrected chi connectivity index (χ0v) is 22.1. The number of carboxylic acid groups (broad SMARTS) is 1. The first kappa shape index (κ1) is 26.9. The quantitative estimate of drug-likeness (QED) is 0.319. The Kier molecular flexibility index (Phi) is 9.34. The molecule has 37 heavy (non-hydrogen) atoms. The fourth-order valence-corrected chi connectivity index (χ4v) is 5.72. The van der Waals surface area contributed by atoms with Gasteiger partial charge in [-0.25, -0.2) is 0 Å². The lowest BCUT2D eigenvalue weighted by molar-refractivity contribution is -0.146. The van der Waals surface area contributed by atoms with Crippen molar-refractivity contribution in [2.45, 2.75) is 57.9 Å². The van der Waals surface area contributed by atoms with Crippen LogP contribution in [0.5, 0.6) is 0 Å². The molecule has 3 aromatic rings. The number of carbonyl (C=O) groups excluding carboxylic acids is 1. The van der Waals surface area contributed by atoms with E-state index >= 15 is 0 Å². The number of rotatable bonds is 11. The van der Waals surface area contributed by atoms with Gasteiger partial charge in [-0.05, 0) is 54.1 Å². The number of nitrogens with one attached hydrogen (secondary N) is 1. The molecule has 0 radical (unpaired) electrons. The van der Waals surface area contributed by atoms with Crippen molar-refractivity contribution in [3.63, 3.8) is 0 Å². The minimum Gasteiger partial charge on any atom is -0.481 e. The maximum absolute atomic E-state index is 13.2. The fraction of sp³-hybridized carbons (Fsp3) is 0.438. The van der Waals surface area contributed by atoms with E-state index < -0.39 is 11.9 Å². The molecule has 0 saturated carbocycles. The number of unbranched alkanes of at least 4 members (excludes halogenated alkanes) is 1. The van der Waals surface area contributed by atoms with Crippen LogP contribution in [0.4, 0.5) is 0 Å². The predicted octanol–water partition coefficient (Wildman–Crippen LogP) is 6.40. The van der Waals surface area contributed by atoms with Crippen molar-refractivity contribution in [1.82, 2.24) is 10.2 Å². The van der Waals surface area contributed by atoms with Gasteiger partial charge in [0, 0.05) is 31.5 Å². The Hall–Kier alpha value is -3.18. The molecule has 3 aromatic carbocycles. The second-order valence-electron chi connectivity index (χ2n) is 10.5. The summed E-state index contributed by atoms with van der Waals surface area (Å²) in [5.74, 6) is -0.879. The third kappa shape index (κ3) is 6.78. The molecule has 5 nitrogen and oxygen atoms in total. The fourth-order valence-electron chi connectivity index (χ4n) is 5.72. The highest BCUT2D eigenvalue weighted by Gasteiger charge is 2.34. The van der Waals surface area contributed by atoms with Gasteiger partial charge in [-0.3, -0.25) is 9.59 Å². The SMILES string of the molecule is CCCC[C@H](CC(=O)N1CCC(CN[C@H](C)c2cccc3ccccc23)C(c2ccccc2)C1)C(=O)O. The number of aliphatic carboxylic acids is 1. The molecule has 1 aliphatic heterocycles. The molecule has 1 aliphatic rings. The summed E-state index contributed by atoms with van der Waals surface area (Å²) in [4.78, 5) is 26.8. The maximum Gasteiger partial charge on any atom is 0.307 e. The zero-order valence-electron chi connectivity index (χ0n) is 22.1. The van der Waals surface area contributed by atoms with Gasteiger partial charge in [0.2, 0.25) is 5.91 Å². The molecule has 0 spiro atoms. The second-order valence-corrected chi connectivity index (χ2v) is 10.5. The zero-order chi connectivity index (χ0) is 26.2. The molecular weight excluding hydrogens is 460 g/mol. The standard InChI is InChI=1S/C32H40N2O3/c1-3-4-11-26(32(36)37)20-31(35)34-19-18-27(30(22-34)25-12-6-5-7-13-25)21-33-23(2)28-17-10-15-24-14-8-9-16-29(24)28/h5-10,12-17,23,26-27,30,33H,3-4,11,18-22H2,1-2H3,(H,36,37)/t23-,26-,27?,30?/m1/s1. The summed E-state index contributed by atoms with van der Waals surface area (Å²) in [6.07, 6.45) is 3.32. The second kappa shape index (κ2) is 12.9. The number of carbonyl (C=O) groups is 2. The first-order valence-corrected chi connectivity index (χ1v) is 13.7. The molecule has 2 N–H and O–H groups in total. The monoisotopic (exact) mass is 500 g/mol. The van der Waals surface area contributed by atoms with E-state index in [0.717, 1.165) is 25.8 Å². The van der Waals surface area contributed by atoms with Gasteiger partial charge in [-0.1, -0.05) is 92.6 Å². The summed E-state index contributed by atoms with van der Waals surface area (Å²) in [5.41, 5.74) is 2.54. The number of hydrogen-bond acceptors (Lipinski definition) is 3. The number of carboxylic acids is 1. The van der Waals surface area contributed by atoms with E-state index in [-0.39, 0.29) is 24.3 Å². The van der Waals surface area contributed by atoms with Crippen molar-refractivity contribution in [1.29, 1.82) is 0 Å². The lowest BCUT2D eigenvalue weighted by Gasteiger charge is -2.40. The van der Waals surface area contributed by atoms with E-state index in [1.807, 2.05) is 17.9 Å². The van der Waals surface area contributed by atoms with Gasteiger partial charge in [-0.2, -0.15) is 0 Å². The number of fused-ring (bicyclic) bond motifs is 1. The Bertz CT molecular complexity index is 1170. The molecule has 1 heterocycles. The maximum atomic E-state index is 13.2. The van der Waals surface area contributed by atoms with Gasteiger partial charge in [0.1, 0.15) is 0 Å². The van der Waals surface area contributed by atoms with Crippen LogP contribution in [-0.2, 0) is 9.59 Å². The smallest absolute Gasteiger partial charge is 0.307 e. The van der Waals surface area contributed by atoms with Crippen molar-refractivity contribution in [2.75, 3.05) is 19.6 Å². The highest BCUT2D eigenvalue weighted by Crippen LogP contribution is 2.34. The molecule has 0 aromatic heterocycles. The Labute approximate surface area is 220 Å². The largest absolute Gasteiger partial charge is 0.481 e. The summed E-state index contributed by atoms with van der Waals surface area (Å²) < 4.78 is 0. The number of likely N-dealkylation sites (tertiary alicyclic amines) is 1. The van der Waals surface area contributed by atoms with Crippen LogP contribution >= 0.6 is 0 Å². The van der Waals surface area contributed by atoms with Crippen molar-refractivity contribution in [2.24, 2.45) is 11.8 Å². The van der Waals surface area contributed by atoms with Crippen LogP contribution in [0, 0.1) is 11.8 Å². The number of hydrogen-bond donors (Lipinski definition) is 2. The van der Waals surface area contributed by atoms with E-state index in [4.69, 9.17) is 0 Å². The first-order chi connectivity index (χ1) is 18.0. The number of nitrogens with zero attached hydrogens (tertiary/aromatic N) is 1. The molecule has 196 valence electrons. The van der Waals surface area contributed by atoms with Crippen molar-refractivity contribution in [3.8, 4) is 0 Å². The summed E-state index contributed by atoms with van der Waals surface area (Å²) in [6.45, 7) is 6.45. The van der Waals surface area contributed by atoms with Crippen LogP contribution < -0.4 is 5.32 Å². The van der Waals surface area contributed by atoms with Crippen molar-refractivity contribution in [3.05, 3.63) is 83.9 Å². The van der Waals surface area contributed by atoms with Gasteiger partial charge >= 0.3 is 5.97 Å². The van der Waals surface area contributed by atoms with Gasteiger partial charge < -0.3 is 15.3 Å². The minimum absolute atomic E-state index is 0.0278. The van der Waals surface area contributed by atoms with E-state index in [9.17, 15) is 14.7 Å². The molecule has 1 fully saturated rings. The van der Waals surface area contributed by atoms with E-state index in [2.05, 4.69) is 79.0 Å². The van der Waals surface area contributed by atoms with Crippen LogP contribution in [0.25, 0.3) is 10.8 Å². The molecule has 0 bridgehead atoms. The molecule has 0 aliphatic carbocycles. The van der Waals surface area contributed by atoms with Crippen molar-refractivity contribution >= 4 is 22.6 Å². The summed E-state index contributed by atoms with van der Waals surface area (Å²) >= 11 is 0. The van der Waals surface area contributed by atoms with E-state index in [1.165, 1.54) is 21.9 Å². The average molecular weight is 501 g/mol. The van der Waals surface area contributed by atoms with Gasteiger partial charge in [-0.15, -0.1) is 0 Å². The lowest BCUT2D eigenvalue weighted by atomic mass is 9.80. The van der Waals surface area contributed by atoms with Crippen LogP contribution in [-0.4, -0.2) is 41.5 Å². The highest BCUT2D eigenvalue weighted by atomic mass is 16.4. The predicted molar refractivity (Wildman–Crippen MR) is 150 cm³/mol. The van der Waals surface area contributed by atoms with Gasteiger partial charge in [0.25, 0.3) is 0 Å². The van der Waals surface area contributed by atoms with Crippen molar-refractivity contribution < 1.29 is 14.7 Å². The molecule has 2 unspecified atom stereocenters. The molecular formula is C32H40N2O3. The minimum atomic E-state index is -0.858. The molecule has 5 heteroatoms. The molecule has 4 rings (SSSR count). The molecule has 1 saturated heterocycles. The normalized spacial score (nSPS) is 19.5. The lowest BCUT2D eigenvalue weighted by Crippen LogP contribution is -2.46. The average Bonchev–Trinajstić information content (AvgIpc) is 2.93. The van der Waals surface area contributed by atoms with E-state index in [1.54, 1.807) is 0 Å². The number of amides is 1. The van der Waals surface area contributed by atoms with Gasteiger partial charge in [0.05, 0.1) is 5.92 Å². The molecule has 1 amide bonds. The summed E-state index contributed by atoms with van der Waals surface area (Å²) in [7, 11) is 0. The third-order valence-electron chi connectivity index (χ3n) is 7.99. The summed E-state index contributed by atoms with van der Waals surface area (Å²) in [5, 5.41) is 15.9. The Balaban J connectivity index is 1.45. The van der Waals surface area contributed by atoms with Gasteiger partial charge in [0.15, 0.2) is 0 Å². The number of benzene rings is 3. The Morgan fingerprint density at radius 1 is 1.03 bits per heavy atom. The van der Waals surface area contributed by atoms with Crippen LogP contribution in [0.15, 0.2) is 72.8 Å². The summed E-state index contributed by atoms with van der Waals surface area (Å²) in [6, 6.07) is 25.6. The van der Waals surface area contributed by atoms with Crippen LogP contribution in [0.3, 0.4) is 0 Å². The van der Waals surface area contributed by atoms with Crippen LogP contribution in [0.2, 0.25) is 0 Å². The van der Waals surface area contributed by atoms with Crippen LogP contribution in [0.1, 0.15) is 69.0 Å². The Morgan fingerprint density at radius 2 is 1.76 bits per heavy atom. The first-order valence-electron chi connectivity index (χ1n) is 13.7.